The van der Waals surface area contributed by atoms with E-state index in [-0.39, 0.29) is 5.75 Å². The zero-order valence-electron chi connectivity index (χ0n) is 11.2. The number of methoxy groups -OCH3 is 1. The molecule has 6 heteroatoms. The molecule has 0 fully saturated rings. The van der Waals surface area contributed by atoms with Gasteiger partial charge in [-0.3, -0.25) is 4.79 Å². The lowest BCUT2D eigenvalue weighted by Gasteiger charge is -2.06. The second kappa shape index (κ2) is 6.38. The van der Waals surface area contributed by atoms with E-state index in [0.29, 0.717) is 10.9 Å². The largest absolute Gasteiger partial charge is 0.497 e. The molecular formula is C14H14N2O3S. The van der Waals surface area contributed by atoms with Gasteiger partial charge in [-0.25, -0.2) is 9.97 Å². The van der Waals surface area contributed by atoms with Gasteiger partial charge in [0.05, 0.1) is 18.6 Å². The maximum Gasteiger partial charge on any atom is 0.313 e. The van der Waals surface area contributed by atoms with Crippen LogP contribution in [0.4, 0.5) is 0 Å². The summed E-state index contributed by atoms with van der Waals surface area (Å²) in [6.45, 7) is 1.79. The highest BCUT2D eigenvalue weighted by atomic mass is 32.2. The number of thioether (sulfide) groups is 1. The van der Waals surface area contributed by atoms with E-state index in [9.17, 15) is 4.79 Å². The molecule has 1 N–H and O–H groups in total. The van der Waals surface area contributed by atoms with Crippen molar-refractivity contribution < 1.29 is 14.6 Å². The molecule has 1 heterocycles. The Kier molecular flexibility index (Phi) is 4.57. The van der Waals surface area contributed by atoms with Crippen LogP contribution in [0.1, 0.15) is 5.82 Å². The lowest BCUT2D eigenvalue weighted by atomic mass is 10.1. The van der Waals surface area contributed by atoms with Gasteiger partial charge in [-0.05, 0) is 37.3 Å². The number of carbonyl (C=O) groups is 1. The van der Waals surface area contributed by atoms with Crippen LogP contribution < -0.4 is 4.74 Å². The zero-order chi connectivity index (χ0) is 14.5. The molecule has 1 aromatic carbocycles. The molecule has 20 heavy (non-hydrogen) atoms. The molecule has 0 bridgehead atoms. The average Bonchev–Trinajstić information content (AvgIpc) is 2.44. The number of hydrogen-bond donors (Lipinski definition) is 1. The molecule has 0 spiro atoms. The van der Waals surface area contributed by atoms with E-state index in [1.54, 1.807) is 20.1 Å². The average molecular weight is 290 g/mol. The standard InChI is InChI=1S/C14H14N2O3S/c1-9-15-12(7-13(16-9)20-8-14(17)18)10-3-5-11(19-2)6-4-10/h3-7H,8H2,1-2H3,(H,17,18). The Morgan fingerprint density at radius 1 is 1.30 bits per heavy atom. The highest BCUT2D eigenvalue weighted by Gasteiger charge is 2.07. The van der Waals surface area contributed by atoms with Gasteiger partial charge in [0, 0.05) is 5.56 Å². The molecule has 2 aromatic rings. The first-order valence-electron chi connectivity index (χ1n) is 5.93. The third-order valence-electron chi connectivity index (χ3n) is 2.54. The first-order valence-corrected chi connectivity index (χ1v) is 6.92. The second-order valence-corrected chi connectivity index (χ2v) is 5.05. The molecule has 0 atom stereocenters. The summed E-state index contributed by atoms with van der Waals surface area (Å²) >= 11 is 1.18. The van der Waals surface area contributed by atoms with E-state index >= 15 is 0 Å². The summed E-state index contributed by atoms with van der Waals surface area (Å²) < 4.78 is 5.12. The van der Waals surface area contributed by atoms with Crippen molar-refractivity contribution in [2.24, 2.45) is 0 Å². The van der Waals surface area contributed by atoms with Crippen molar-refractivity contribution in [2.45, 2.75) is 11.9 Å². The molecule has 0 aliphatic carbocycles. The summed E-state index contributed by atoms with van der Waals surface area (Å²) in [6, 6.07) is 9.33. The van der Waals surface area contributed by atoms with Gasteiger partial charge < -0.3 is 9.84 Å². The number of carboxylic acids is 1. The third kappa shape index (κ3) is 3.71. The van der Waals surface area contributed by atoms with E-state index in [2.05, 4.69) is 9.97 Å². The van der Waals surface area contributed by atoms with Crippen LogP contribution >= 0.6 is 11.8 Å². The van der Waals surface area contributed by atoms with Gasteiger partial charge in [-0.1, -0.05) is 11.8 Å². The van der Waals surface area contributed by atoms with Crippen LogP contribution in [-0.4, -0.2) is 33.9 Å². The Morgan fingerprint density at radius 3 is 2.60 bits per heavy atom. The fourth-order valence-electron chi connectivity index (χ4n) is 1.66. The van der Waals surface area contributed by atoms with Gasteiger partial charge in [0.1, 0.15) is 16.6 Å². The van der Waals surface area contributed by atoms with Gasteiger partial charge >= 0.3 is 5.97 Å². The topological polar surface area (TPSA) is 72.3 Å². The van der Waals surface area contributed by atoms with Crippen molar-refractivity contribution >= 4 is 17.7 Å². The number of benzene rings is 1. The molecule has 0 unspecified atom stereocenters. The summed E-state index contributed by atoms with van der Waals surface area (Å²) in [6.07, 6.45) is 0. The quantitative estimate of drug-likeness (QED) is 0.674. The highest BCUT2D eigenvalue weighted by molar-refractivity contribution is 7.99. The summed E-state index contributed by atoms with van der Waals surface area (Å²) in [5.74, 6) is 0.516. The van der Waals surface area contributed by atoms with Gasteiger partial charge in [0.15, 0.2) is 0 Å². The lowest BCUT2D eigenvalue weighted by molar-refractivity contribution is -0.133. The smallest absolute Gasteiger partial charge is 0.313 e. The second-order valence-electron chi connectivity index (χ2n) is 4.05. The fourth-order valence-corrected chi connectivity index (χ4v) is 2.32. The van der Waals surface area contributed by atoms with Gasteiger partial charge in [0.25, 0.3) is 0 Å². The molecule has 5 nitrogen and oxygen atoms in total. The van der Waals surface area contributed by atoms with Crippen molar-refractivity contribution in [1.82, 2.24) is 9.97 Å². The van der Waals surface area contributed by atoms with Crippen molar-refractivity contribution in [3.8, 4) is 17.0 Å². The number of carboxylic acid groups (broad SMARTS) is 1. The number of hydrogen-bond acceptors (Lipinski definition) is 5. The maximum atomic E-state index is 10.6. The Bertz CT molecular complexity index is 614. The van der Waals surface area contributed by atoms with E-state index < -0.39 is 5.97 Å². The summed E-state index contributed by atoms with van der Waals surface area (Å²) in [7, 11) is 1.62. The van der Waals surface area contributed by atoms with Crippen molar-refractivity contribution in [2.75, 3.05) is 12.9 Å². The minimum absolute atomic E-state index is 0.0154. The summed E-state index contributed by atoms with van der Waals surface area (Å²) in [5, 5.41) is 9.37. The number of aryl methyl sites for hydroxylation is 1. The SMILES string of the molecule is COc1ccc(-c2cc(SCC(=O)O)nc(C)n2)cc1. The molecule has 1 aromatic heterocycles. The Morgan fingerprint density at radius 2 is 2.00 bits per heavy atom. The molecular weight excluding hydrogens is 276 g/mol. The van der Waals surface area contributed by atoms with Crippen LogP contribution in [0.3, 0.4) is 0 Å². The van der Waals surface area contributed by atoms with E-state index in [1.165, 1.54) is 11.8 Å². The zero-order valence-corrected chi connectivity index (χ0v) is 12.0. The van der Waals surface area contributed by atoms with Gasteiger partial charge in [-0.2, -0.15) is 0 Å². The maximum absolute atomic E-state index is 10.6. The molecule has 0 radical (unpaired) electrons. The van der Waals surface area contributed by atoms with E-state index in [4.69, 9.17) is 9.84 Å². The van der Waals surface area contributed by atoms with Gasteiger partial charge in [0.2, 0.25) is 0 Å². The predicted molar refractivity (Wildman–Crippen MR) is 77.1 cm³/mol. The predicted octanol–water partition coefficient (Wildman–Crippen LogP) is 2.64. The van der Waals surface area contributed by atoms with E-state index in [1.807, 2.05) is 24.3 Å². The number of nitrogens with zero attached hydrogens (tertiary/aromatic N) is 2. The fraction of sp³-hybridized carbons (Fsp3) is 0.214. The lowest BCUT2D eigenvalue weighted by Crippen LogP contribution is -2.00. The van der Waals surface area contributed by atoms with Crippen LogP contribution in [0.5, 0.6) is 5.75 Å². The summed E-state index contributed by atoms with van der Waals surface area (Å²) in [4.78, 5) is 19.2. The number of aliphatic carboxylic acids is 1. The summed E-state index contributed by atoms with van der Waals surface area (Å²) in [5.41, 5.74) is 1.71. The normalized spacial score (nSPS) is 10.3. The molecule has 2 rings (SSSR count). The molecule has 0 aliphatic heterocycles. The monoisotopic (exact) mass is 290 g/mol. The van der Waals surface area contributed by atoms with Crippen LogP contribution in [0, 0.1) is 6.92 Å². The number of rotatable bonds is 5. The van der Waals surface area contributed by atoms with Crippen LogP contribution in [0.25, 0.3) is 11.3 Å². The van der Waals surface area contributed by atoms with Crippen LogP contribution in [0.2, 0.25) is 0 Å². The molecule has 0 amide bonds. The minimum Gasteiger partial charge on any atom is -0.497 e. The van der Waals surface area contributed by atoms with E-state index in [0.717, 1.165) is 17.0 Å². The first-order chi connectivity index (χ1) is 9.58. The molecule has 0 saturated carbocycles. The first kappa shape index (κ1) is 14.3. The van der Waals surface area contributed by atoms with Crippen molar-refractivity contribution in [3.63, 3.8) is 0 Å². The van der Waals surface area contributed by atoms with Gasteiger partial charge in [-0.15, -0.1) is 0 Å². The minimum atomic E-state index is -0.864. The van der Waals surface area contributed by atoms with Crippen molar-refractivity contribution in [1.29, 1.82) is 0 Å². The number of aromatic nitrogens is 2. The Labute approximate surface area is 121 Å². The molecule has 104 valence electrons. The Hall–Kier alpha value is -2.08. The number of ether oxygens (including phenoxy) is 1. The van der Waals surface area contributed by atoms with Crippen LogP contribution in [0.15, 0.2) is 35.4 Å². The third-order valence-corrected chi connectivity index (χ3v) is 3.44. The molecule has 0 saturated heterocycles. The molecule has 0 aliphatic rings. The highest BCUT2D eigenvalue weighted by Crippen LogP contribution is 2.24. The van der Waals surface area contributed by atoms with Crippen molar-refractivity contribution in [3.05, 3.63) is 36.2 Å². The van der Waals surface area contributed by atoms with Crippen LogP contribution in [-0.2, 0) is 4.79 Å². The Balaban J connectivity index is 2.28.